The SMILES string of the molecule is CC(C)(C)CC(CC(=O)O)NC(=O)c1csc(CN)n1. The largest absolute Gasteiger partial charge is 0.481 e. The normalized spacial score (nSPS) is 13.0. The molecule has 0 spiro atoms. The van der Waals surface area contributed by atoms with Gasteiger partial charge >= 0.3 is 5.97 Å². The van der Waals surface area contributed by atoms with E-state index < -0.39 is 12.0 Å². The van der Waals surface area contributed by atoms with Crippen molar-refractivity contribution in [1.82, 2.24) is 10.3 Å². The maximum atomic E-state index is 12.1. The zero-order valence-electron chi connectivity index (χ0n) is 12.0. The van der Waals surface area contributed by atoms with Gasteiger partial charge < -0.3 is 16.2 Å². The molecule has 20 heavy (non-hydrogen) atoms. The molecule has 0 saturated carbocycles. The molecule has 1 atom stereocenters. The van der Waals surface area contributed by atoms with Gasteiger partial charge in [-0.15, -0.1) is 11.3 Å². The van der Waals surface area contributed by atoms with E-state index in [1.165, 1.54) is 11.3 Å². The molecule has 0 aliphatic carbocycles. The van der Waals surface area contributed by atoms with Gasteiger partial charge in [0, 0.05) is 18.0 Å². The van der Waals surface area contributed by atoms with Crippen molar-refractivity contribution in [1.29, 1.82) is 0 Å². The lowest BCUT2D eigenvalue weighted by molar-refractivity contribution is -0.137. The minimum atomic E-state index is -0.930. The van der Waals surface area contributed by atoms with Crippen molar-refractivity contribution in [3.63, 3.8) is 0 Å². The summed E-state index contributed by atoms with van der Waals surface area (Å²) in [4.78, 5) is 27.0. The molecule has 1 aromatic rings. The lowest BCUT2D eigenvalue weighted by Gasteiger charge is -2.25. The van der Waals surface area contributed by atoms with Crippen LogP contribution < -0.4 is 11.1 Å². The minimum Gasteiger partial charge on any atom is -0.481 e. The van der Waals surface area contributed by atoms with Gasteiger partial charge in [-0.3, -0.25) is 9.59 Å². The van der Waals surface area contributed by atoms with Crippen LogP contribution in [-0.2, 0) is 11.3 Å². The quantitative estimate of drug-likeness (QED) is 0.740. The first-order valence-electron chi connectivity index (χ1n) is 6.38. The molecular weight excluding hydrogens is 278 g/mol. The molecule has 1 aromatic heterocycles. The van der Waals surface area contributed by atoms with Gasteiger partial charge in [-0.1, -0.05) is 20.8 Å². The number of hydrogen-bond donors (Lipinski definition) is 3. The third-order valence-corrected chi connectivity index (χ3v) is 3.45. The number of amides is 1. The molecule has 0 bridgehead atoms. The van der Waals surface area contributed by atoms with E-state index in [9.17, 15) is 9.59 Å². The Kier molecular flexibility index (Phi) is 5.64. The first-order chi connectivity index (χ1) is 9.21. The van der Waals surface area contributed by atoms with Crippen LogP contribution in [0.15, 0.2) is 5.38 Å². The zero-order valence-corrected chi connectivity index (χ0v) is 12.8. The number of nitrogens with zero attached hydrogens (tertiary/aromatic N) is 1. The first-order valence-corrected chi connectivity index (χ1v) is 7.26. The maximum Gasteiger partial charge on any atom is 0.305 e. The Hall–Kier alpha value is -1.47. The fourth-order valence-corrected chi connectivity index (χ4v) is 2.55. The molecule has 0 fully saturated rings. The van der Waals surface area contributed by atoms with Crippen LogP contribution in [0.4, 0.5) is 0 Å². The second-order valence-corrected chi connectivity index (χ2v) is 6.81. The van der Waals surface area contributed by atoms with Gasteiger partial charge in [0.1, 0.15) is 10.7 Å². The van der Waals surface area contributed by atoms with E-state index in [0.717, 1.165) is 0 Å². The van der Waals surface area contributed by atoms with Crippen LogP contribution in [0.5, 0.6) is 0 Å². The number of carboxylic acids is 1. The van der Waals surface area contributed by atoms with E-state index in [-0.39, 0.29) is 17.7 Å². The summed E-state index contributed by atoms with van der Waals surface area (Å²) in [5.74, 6) is -1.28. The third kappa shape index (κ3) is 5.66. The average molecular weight is 299 g/mol. The van der Waals surface area contributed by atoms with E-state index in [4.69, 9.17) is 10.8 Å². The van der Waals surface area contributed by atoms with Crippen molar-refractivity contribution < 1.29 is 14.7 Å². The molecule has 0 aliphatic rings. The number of carbonyl (C=O) groups excluding carboxylic acids is 1. The summed E-state index contributed by atoms with van der Waals surface area (Å²) in [6, 6.07) is -0.414. The Balaban J connectivity index is 2.72. The monoisotopic (exact) mass is 299 g/mol. The van der Waals surface area contributed by atoms with E-state index in [1.54, 1.807) is 5.38 Å². The van der Waals surface area contributed by atoms with Gasteiger partial charge in [0.05, 0.1) is 6.42 Å². The molecule has 6 nitrogen and oxygen atoms in total. The second kappa shape index (κ2) is 6.81. The van der Waals surface area contributed by atoms with Crippen LogP contribution in [0.2, 0.25) is 0 Å². The Morgan fingerprint density at radius 2 is 2.15 bits per heavy atom. The Labute approximate surface area is 122 Å². The fraction of sp³-hybridized carbons (Fsp3) is 0.615. The molecule has 0 aromatic carbocycles. The molecule has 0 aliphatic heterocycles. The molecule has 4 N–H and O–H groups in total. The summed E-state index contributed by atoms with van der Waals surface area (Å²) < 4.78 is 0. The van der Waals surface area contributed by atoms with Crippen LogP contribution in [0.3, 0.4) is 0 Å². The summed E-state index contributed by atoms with van der Waals surface area (Å²) in [5, 5.41) is 14.0. The third-order valence-electron chi connectivity index (χ3n) is 2.57. The van der Waals surface area contributed by atoms with Crippen LogP contribution >= 0.6 is 11.3 Å². The summed E-state index contributed by atoms with van der Waals surface area (Å²) in [7, 11) is 0. The molecular formula is C13H21N3O3S. The highest BCUT2D eigenvalue weighted by molar-refractivity contribution is 7.09. The number of carbonyl (C=O) groups is 2. The number of carboxylic acid groups (broad SMARTS) is 1. The van der Waals surface area contributed by atoms with Gasteiger partial charge in [-0.2, -0.15) is 0 Å². The zero-order chi connectivity index (χ0) is 15.3. The minimum absolute atomic E-state index is 0.0715. The first kappa shape index (κ1) is 16.6. The van der Waals surface area contributed by atoms with Gasteiger partial charge in [0.15, 0.2) is 0 Å². The summed E-state index contributed by atoms with van der Waals surface area (Å²) in [6.45, 7) is 6.30. The smallest absolute Gasteiger partial charge is 0.305 e. The summed E-state index contributed by atoms with van der Waals surface area (Å²) >= 11 is 1.32. The van der Waals surface area contributed by atoms with Crippen molar-refractivity contribution in [2.45, 2.75) is 46.2 Å². The molecule has 7 heteroatoms. The lowest BCUT2D eigenvalue weighted by Crippen LogP contribution is -2.39. The standard InChI is InChI=1S/C13H21N3O3S/c1-13(2,3)5-8(4-11(17)18)15-12(19)9-7-20-10(6-14)16-9/h7-8H,4-6,14H2,1-3H3,(H,15,19)(H,17,18). The predicted molar refractivity (Wildman–Crippen MR) is 77.6 cm³/mol. The molecule has 112 valence electrons. The molecule has 1 rings (SSSR count). The van der Waals surface area contributed by atoms with Crippen LogP contribution in [0.1, 0.15) is 49.1 Å². The fourth-order valence-electron chi connectivity index (χ4n) is 1.89. The number of thiazole rings is 1. The Morgan fingerprint density at radius 3 is 2.60 bits per heavy atom. The molecule has 1 amide bonds. The topological polar surface area (TPSA) is 105 Å². The van der Waals surface area contributed by atoms with Gasteiger partial charge in [0.2, 0.25) is 0 Å². The molecule has 0 saturated heterocycles. The van der Waals surface area contributed by atoms with E-state index in [2.05, 4.69) is 10.3 Å². The highest BCUT2D eigenvalue weighted by Gasteiger charge is 2.23. The van der Waals surface area contributed by atoms with Gasteiger partial charge in [-0.05, 0) is 11.8 Å². The van der Waals surface area contributed by atoms with E-state index >= 15 is 0 Å². The molecule has 1 heterocycles. The highest BCUT2D eigenvalue weighted by Crippen LogP contribution is 2.22. The van der Waals surface area contributed by atoms with Gasteiger partial charge in [-0.25, -0.2) is 4.98 Å². The Bertz CT molecular complexity index is 479. The van der Waals surface area contributed by atoms with E-state index in [0.29, 0.717) is 23.7 Å². The summed E-state index contributed by atoms with van der Waals surface area (Å²) in [5.41, 5.74) is 5.67. The van der Waals surface area contributed by atoms with Crippen LogP contribution in [0, 0.1) is 5.41 Å². The van der Waals surface area contributed by atoms with Crippen molar-refractivity contribution in [2.75, 3.05) is 0 Å². The maximum absolute atomic E-state index is 12.1. The Morgan fingerprint density at radius 1 is 1.50 bits per heavy atom. The second-order valence-electron chi connectivity index (χ2n) is 5.86. The molecule has 1 unspecified atom stereocenters. The van der Waals surface area contributed by atoms with Gasteiger partial charge in [0.25, 0.3) is 5.91 Å². The summed E-state index contributed by atoms with van der Waals surface area (Å²) in [6.07, 6.45) is 0.482. The van der Waals surface area contributed by atoms with Crippen molar-refractivity contribution in [3.8, 4) is 0 Å². The number of rotatable bonds is 6. The van der Waals surface area contributed by atoms with Crippen molar-refractivity contribution in [2.24, 2.45) is 11.1 Å². The number of nitrogens with two attached hydrogens (primary N) is 1. The number of aromatic nitrogens is 1. The highest BCUT2D eigenvalue weighted by atomic mass is 32.1. The predicted octanol–water partition coefficient (Wildman–Crippen LogP) is 1.61. The van der Waals surface area contributed by atoms with E-state index in [1.807, 2.05) is 20.8 Å². The number of hydrogen-bond acceptors (Lipinski definition) is 5. The number of aliphatic carboxylic acids is 1. The average Bonchev–Trinajstić information content (AvgIpc) is 2.73. The molecule has 0 radical (unpaired) electrons. The lowest BCUT2D eigenvalue weighted by atomic mass is 9.87. The van der Waals surface area contributed by atoms with Crippen LogP contribution in [-0.4, -0.2) is 28.0 Å². The van der Waals surface area contributed by atoms with Crippen LogP contribution in [0.25, 0.3) is 0 Å². The van der Waals surface area contributed by atoms with Crippen molar-refractivity contribution >= 4 is 23.2 Å². The number of nitrogens with one attached hydrogen (secondary N) is 1. The van der Waals surface area contributed by atoms with Crippen molar-refractivity contribution in [3.05, 3.63) is 16.1 Å².